The predicted molar refractivity (Wildman–Crippen MR) is 106 cm³/mol. The number of carboxylic acids is 1. The summed E-state index contributed by atoms with van der Waals surface area (Å²) in [4.78, 5) is 10.8. The average Bonchev–Trinajstić information content (AvgIpc) is 3.11. The lowest BCUT2D eigenvalue weighted by Crippen LogP contribution is -2.57. The first-order valence-electron chi connectivity index (χ1n) is 11.1. The van der Waals surface area contributed by atoms with Crippen molar-refractivity contribution in [1.29, 1.82) is 0 Å². The third-order valence-corrected chi connectivity index (χ3v) is 7.98. The Morgan fingerprint density at radius 1 is 1.30 bits per heavy atom. The van der Waals surface area contributed by atoms with Crippen LogP contribution in [0.2, 0.25) is 0 Å². The maximum Gasteiger partial charge on any atom is 0.303 e. The Morgan fingerprint density at radius 2 is 2.00 bits per heavy atom. The lowest BCUT2D eigenvalue weighted by molar-refractivity contribution is -0.136. The van der Waals surface area contributed by atoms with Gasteiger partial charge in [-0.1, -0.05) is 51.2 Å². The molecule has 27 heavy (non-hydrogen) atoms. The highest BCUT2D eigenvalue weighted by atomic mass is 16.4. The van der Waals surface area contributed by atoms with Gasteiger partial charge in [-0.05, 0) is 67.6 Å². The molecule has 0 saturated heterocycles. The Morgan fingerprint density at radius 3 is 2.67 bits per heavy atom. The second-order valence-corrected chi connectivity index (χ2v) is 9.71. The van der Waals surface area contributed by atoms with E-state index in [-0.39, 0.29) is 30.0 Å². The molecule has 0 aromatic carbocycles. The number of hydrogen-bond donors (Lipinski definition) is 3. The fourth-order valence-corrected chi connectivity index (χ4v) is 6.69. The van der Waals surface area contributed by atoms with Crippen molar-refractivity contribution in [1.82, 2.24) is 0 Å². The molecule has 3 N–H and O–H groups in total. The van der Waals surface area contributed by atoms with Crippen LogP contribution in [0.5, 0.6) is 0 Å². The van der Waals surface area contributed by atoms with Gasteiger partial charge in [-0.15, -0.1) is 0 Å². The molecule has 0 amide bonds. The number of aliphatic carboxylic acids is 1. The van der Waals surface area contributed by atoms with E-state index >= 15 is 0 Å². The molecule has 3 aliphatic rings. The maximum atomic E-state index is 10.8. The molecule has 0 spiro atoms. The molecule has 154 valence electrons. The number of carbonyl (C=O) groups is 1. The maximum absolute atomic E-state index is 10.8. The molecule has 3 saturated carbocycles. The van der Waals surface area contributed by atoms with E-state index in [1.54, 1.807) is 0 Å². The summed E-state index contributed by atoms with van der Waals surface area (Å²) in [5, 5.41) is 30.1. The van der Waals surface area contributed by atoms with Crippen LogP contribution in [0.15, 0.2) is 11.6 Å². The van der Waals surface area contributed by atoms with Gasteiger partial charge in [-0.3, -0.25) is 4.79 Å². The van der Waals surface area contributed by atoms with Gasteiger partial charge in [0.15, 0.2) is 0 Å². The molecule has 2 unspecified atom stereocenters. The van der Waals surface area contributed by atoms with E-state index < -0.39 is 5.97 Å². The first kappa shape index (κ1) is 20.9. The van der Waals surface area contributed by atoms with E-state index in [0.717, 1.165) is 32.1 Å². The molecule has 4 heteroatoms. The first-order valence-corrected chi connectivity index (χ1v) is 11.1. The van der Waals surface area contributed by atoms with Gasteiger partial charge in [-0.2, -0.15) is 0 Å². The molecular formula is C23H38O4. The first-order chi connectivity index (χ1) is 12.8. The van der Waals surface area contributed by atoms with Crippen LogP contribution in [0.4, 0.5) is 0 Å². The summed E-state index contributed by atoms with van der Waals surface area (Å²) in [6.07, 6.45) is 12.1. The van der Waals surface area contributed by atoms with Crippen molar-refractivity contribution >= 4 is 5.97 Å². The van der Waals surface area contributed by atoms with Crippen molar-refractivity contribution in [2.45, 2.75) is 96.7 Å². The standard InChI is InChI=1S/C23H38O4/c1-15-19(8-5-9-21(26)27)23(2)13-12-20(25)18(22(15)23)11-10-17(24)14-16-6-3-4-7-16/h8,15-18,20,22,24-25H,3-7,9-14H2,1-2H3,(H,26,27)/t15?,17?,18-,20+,22+,23+/m1/s1. The number of aliphatic hydroxyl groups excluding tert-OH is 2. The highest BCUT2D eigenvalue weighted by Gasteiger charge is 2.58. The van der Waals surface area contributed by atoms with Crippen LogP contribution < -0.4 is 0 Å². The minimum atomic E-state index is -0.742. The molecule has 0 bridgehead atoms. The Bertz CT molecular complexity index is 551. The Kier molecular flexibility index (Phi) is 6.68. The summed E-state index contributed by atoms with van der Waals surface area (Å²) >= 11 is 0. The lowest BCUT2D eigenvalue weighted by atomic mass is 9.43. The summed E-state index contributed by atoms with van der Waals surface area (Å²) in [6, 6.07) is 0. The number of rotatable bonds is 8. The van der Waals surface area contributed by atoms with E-state index in [4.69, 9.17) is 5.11 Å². The van der Waals surface area contributed by atoms with Crippen LogP contribution in [-0.2, 0) is 4.79 Å². The van der Waals surface area contributed by atoms with E-state index in [1.165, 1.54) is 31.3 Å². The molecule has 6 atom stereocenters. The number of allylic oxidation sites excluding steroid dienone is 2. The zero-order valence-corrected chi connectivity index (χ0v) is 17.1. The summed E-state index contributed by atoms with van der Waals surface area (Å²) < 4.78 is 0. The third-order valence-electron chi connectivity index (χ3n) is 7.98. The molecule has 3 aliphatic carbocycles. The predicted octanol–water partition coefficient (Wildman–Crippen LogP) is 4.54. The monoisotopic (exact) mass is 378 g/mol. The average molecular weight is 379 g/mol. The minimum absolute atomic E-state index is 0.109. The number of aliphatic hydroxyl groups is 2. The van der Waals surface area contributed by atoms with Crippen LogP contribution in [0.3, 0.4) is 0 Å². The molecule has 0 heterocycles. The largest absolute Gasteiger partial charge is 0.481 e. The van der Waals surface area contributed by atoms with E-state index in [2.05, 4.69) is 19.9 Å². The summed E-state index contributed by atoms with van der Waals surface area (Å²) in [7, 11) is 0. The van der Waals surface area contributed by atoms with Gasteiger partial charge in [0.25, 0.3) is 0 Å². The normalized spacial score (nSPS) is 39.2. The van der Waals surface area contributed by atoms with Crippen molar-refractivity contribution in [3.8, 4) is 0 Å². The van der Waals surface area contributed by atoms with Gasteiger partial charge in [0.2, 0.25) is 0 Å². The van der Waals surface area contributed by atoms with Crippen LogP contribution in [0.1, 0.15) is 84.5 Å². The Balaban J connectivity index is 1.58. The molecule has 0 aliphatic heterocycles. The van der Waals surface area contributed by atoms with E-state index in [1.807, 2.05) is 0 Å². The molecule has 3 rings (SSSR count). The zero-order valence-electron chi connectivity index (χ0n) is 17.1. The van der Waals surface area contributed by atoms with Crippen molar-refractivity contribution in [2.75, 3.05) is 0 Å². The van der Waals surface area contributed by atoms with Crippen molar-refractivity contribution in [3.63, 3.8) is 0 Å². The second kappa shape index (κ2) is 8.65. The number of fused-ring (bicyclic) bond motifs is 1. The molecule has 4 nitrogen and oxygen atoms in total. The lowest BCUT2D eigenvalue weighted by Gasteiger charge is -2.62. The van der Waals surface area contributed by atoms with Gasteiger partial charge in [0, 0.05) is 6.42 Å². The Labute approximate surface area is 164 Å². The van der Waals surface area contributed by atoms with Crippen molar-refractivity contribution < 1.29 is 20.1 Å². The van der Waals surface area contributed by atoms with Crippen LogP contribution in [0.25, 0.3) is 0 Å². The fourth-order valence-electron chi connectivity index (χ4n) is 6.69. The molecule has 0 aromatic rings. The number of hydrogen-bond acceptors (Lipinski definition) is 3. The van der Waals surface area contributed by atoms with Gasteiger partial charge >= 0.3 is 5.97 Å². The summed E-state index contributed by atoms with van der Waals surface area (Å²) in [6.45, 7) is 4.54. The van der Waals surface area contributed by atoms with Gasteiger partial charge in [0.05, 0.1) is 12.2 Å². The van der Waals surface area contributed by atoms with Gasteiger partial charge in [-0.25, -0.2) is 0 Å². The van der Waals surface area contributed by atoms with Crippen LogP contribution >= 0.6 is 0 Å². The molecule has 0 radical (unpaired) electrons. The Hall–Kier alpha value is -0.870. The smallest absolute Gasteiger partial charge is 0.303 e. The second-order valence-electron chi connectivity index (χ2n) is 9.71. The highest BCUT2D eigenvalue weighted by Crippen LogP contribution is 2.64. The fraction of sp³-hybridized carbons (Fsp3) is 0.870. The highest BCUT2D eigenvalue weighted by molar-refractivity contribution is 5.66. The summed E-state index contributed by atoms with van der Waals surface area (Å²) in [5.41, 5.74) is 1.51. The van der Waals surface area contributed by atoms with Gasteiger partial charge < -0.3 is 15.3 Å². The molecule has 0 aromatic heterocycles. The molecule has 3 fully saturated rings. The van der Waals surface area contributed by atoms with Crippen molar-refractivity contribution in [3.05, 3.63) is 11.6 Å². The van der Waals surface area contributed by atoms with E-state index in [0.29, 0.717) is 24.2 Å². The quantitative estimate of drug-likeness (QED) is 0.542. The van der Waals surface area contributed by atoms with Gasteiger partial charge in [0.1, 0.15) is 0 Å². The minimum Gasteiger partial charge on any atom is -0.481 e. The van der Waals surface area contributed by atoms with Crippen molar-refractivity contribution in [2.24, 2.45) is 29.1 Å². The third kappa shape index (κ3) is 4.42. The SMILES string of the molecule is CC1C(=CCCC(=O)O)[C@]2(C)CC[C@H](O)[C@@H](CCC(O)CC3CCCC3)[C@H]12. The van der Waals surface area contributed by atoms with E-state index in [9.17, 15) is 15.0 Å². The molecular weight excluding hydrogens is 340 g/mol. The van der Waals surface area contributed by atoms with Crippen LogP contribution in [0, 0.1) is 29.1 Å². The number of carboxylic acid groups (broad SMARTS) is 1. The summed E-state index contributed by atoms with van der Waals surface area (Å²) in [5.74, 6) is 1.09. The zero-order chi connectivity index (χ0) is 19.6. The topological polar surface area (TPSA) is 77.8 Å². The van der Waals surface area contributed by atoms with Crippen LogP contribution in [-0.4, -0.2) is 33.5 Å².